The van der Waals surface area contributed by atoms with Gasteiger partial charge in [-0.2, -0.15) is 0 Å². The Kier molecular flexibility index (Phi) is 4.40. The Morgan fingerprint density at radius 3 is 2.71 bits per heavy atom. The third-order valence-corrected chi connectivity index (χ3v) is 4.44. The molecule has 1 unspecified atom stereocenters. The Labute approximate surface area is 135 Å². The maximum absolute atomic E-state index is 12.3. The number of halogens is 2. The van der Waals surface area contributed by atoms with E-state index in [4.69, 9.17) is 27.9 Å². The van der Waals surface area contributed by atoms with Crippen LogP contribution < -0.4 is 0 Å². The van der Waals surface area contributed by atoms with Gasteiger partial charge in [-0.25, -0.2) is 0 Å². The summed E-state index contributed by atoms with van der Waals surface area (Å²) in [5.41, 5.74) is 0.993. The Balaban J connectivity index is 1.73. The summed E-state index contributed by atoms with van der Waals surface area (Å²) >= 11 is 12.7. The predicted octanol–water partition coefficient (Wildman–Crippen LogP) is 3.06. The molecule has 0 aliphatic carbocycles. The fourth-order valence-corrected chi connectivity index (χ4v) is 3.06. The maximum atomic E-state index is 12.3. The Bertz CT molecular complexity index is 647. The number of rotatable bonds is 2. The van der Waals surface area contributed by atoms with Gasteiger partial charge in [0.05, 0.1) is 13.2 Å². The highest BCUT2D eigenvalue weighted by Crippen LogP contribution is 2.25. The first kappa shape index (κ1) is 14.7. The summed E-state index contributed by atoms with van der Waals surface area (Å²) in [5.74, 6) is -0.165. The summed E-state index contributed by atoms with van der Waals surface area (Å²) < 4.78 is 5.99. The number of aromatic nitrogens is 2. The second-order valence-corrected chi connectivity index (χ2v) is 6.52. The van der Waals surface area contributed by atoms with Crippen LogP contribution in [0.1, 0.15) is 21.5 Å². The van der Waals surface area contributed by atoms with Gasteiger partial charge in [0.15, 0.2) is 0 Å². The monoisotopic (exact) mass is 343 g/mol. The zero-order valence-electron chi connectivity index (χ0n) is 10.8. The summed E-state index contributed by atoms with van der Waals surface area (Å²) in [6.07, 6.45) is -0.164. The van der Waals surface area contributed by atoms with Crippen molar-refractivity contribution in [3.05, 3.63) is 44.3 Å². The van der Waals surface area contributed by atoms with Gasteiger partial charge in [-0.15, -0.1) is 10.2 Å². The van der Waals surface area contributed by atoms with Crippen LogP contribution in [0.15, 0.2) is 24.3 Å². The summed E-state index contributed by atoms with van der Waals surface area (Å²) in [5, 5.41) is 8.42. The van der Waals surface area contributed by atoms with Crippen molar-refractivity contribution in [1.29, 1.82) is 0 Å². The summed E-state index contributed by atoms with van der Waals surface area (Å²) in [4.78, 5) is 14.1. The lowest BCUT2D eigenvalue weighted by Crippen LogP contribution is -2.42. The molecule has 2 aromatic rings. The summed E-state index contributed by atoms with van der Waals surface area (Å²) in [6.45, 7) is 1.48. The van der Waals surface area contributed by atoms with Gasteiger partial charge in [-0.3, -0.25) is 4.79 Å². The lowest BCUT2D eigenvalue weighted by atomic mass is 10.1. The molecular weight excluding hydrogens is 333 g/mol. The van der Waals surface area contributed by atoms with Gasteiger partial charge < -0.3 is 9.64 Å². The van der Waals surface area contributed by atoms with E-state index < -0.39 is 0 Å². The average Bonchev–Trinajstić information content (AvgIpc) is 2.94. The van der Waals surface area contributed by atoms with E-state index in [-0.39, 0.29) is 16.5 Å². The number of ether oxygens (including phenoxy) is 1. The van der Waals surface area contributed by atoms with Crippen LogP contribution in [0.25, 0.3) is 0 Å². The minimum absolute atomic E-state index is 0.164. The Hall–Kier alpha value is -1.21. The molecule has 1 atom stereocenters. The number of carbonyl (C=O) groups excluding carboxylic acids is 1. The second-order valence-electron chi connectivity index (χ2n) is 4.52. The fraction of sp³-hybridized carbons (Fsp3) is 0.308. The van der Waals surface area contributed by atoms with Crippen molar-refractivity contribution < 1.29 is 9.53 Å². The summed E-state index contributed by atoms with van der Waals surface area (Å²) in [7, 11) is 0. The van der Waals surface area contributed by atoms with Gasteiger partial charge in [0.25, 0.3) is 5.91 Å². The molecule has 0 radical (unpaired) electrons. The standard InChI is InChI=1S/C13H11Cl2N3O2S/c14-9-3-1-8(2-4-9)10-7-18(5-6-20-10)12(19)11-16-17-13(15)21-11/h1-4,10H,5-7H2. The Morgan fingerprint density at radius 1 is 1.29 bits per heavy atom. The van der Waals surface area contributed by atoms with E-state index in [9.17, 15) is 4.79 Å². The lowest BCUT2D eigenvalue weighted by molar-refractivity contribution is -0.0228. The van der Waals surface area contributed by atoms with Gasteiger partial charge in [0.2, 0.25) is 9.47 Å². The molecule has 0 N–H and O–H groups in total. The van der Waals surface area contributed by atoms with Gasteiger partial charge in [-0.05, 0) is 29.3 Å². The zero-order valence-corrected chi connectivity index (χ0v) is 13.2. The number of hydrogen-bond acceptors (Lipinski definition) is 5. The van der Waals surface area contributed by atoms with Crippen LogP contribution in [0.5, 0.6) is 0 Å². The largest absolute Gasteiger partial charge is 0.370 e. The van der Waals surface area contributed by atoms with Crippen molar-refractivity contribution in [3.8, 4) is 0 Å². The van der Waals surface area contributed by atoms with Gasteiger partial charge in [0.1, 0.15) is 6.10 Å². The quantitative estimate of drug-likeness (QED) is 0.840. The number of amides is 1. The molecule has 2 heterocycles. The molecule has 1 aliphatic heterocycles. The Morgan fingerprint density at radius 2 is 2.05 bits per heavy atom. The van der Waals surface area contributed by atoms with Crippen LogP contribution in [-0.2, 0) is 4.74 Å². The number of nitrogens with zero attached hydrogens (tertiary/aromatic N) is 3. The van der Waals surface area contributed by atoms with Crippen LogP contribution in [0.4, 0.5) is 0 Å². The molecule has 0 spiro atoms. The third kappa shape index (κ3) is 3.35. The smallest absolute Gasteiger partial charge is 0.285 e. The lowest BCUT2D eigenvalue weighted by Gasteiger charge is -2.32. The van der Waals surface area contributed by atoms with E-state index in [0.29, 0.717) is 29.7 Å². The van der Waals surface area contributed by atoms with E-state index in [1.807, 2.05) is 24.3 Å². The predicted molar refractivity (Wildman–Crippen MR) is 81.0 cm³/mol. The van der Waals surface area contributed by atoms with Crippen LogP contribution in [0, 0.1) is 0 Å². The number of hydrogen-bond donors (Lipinski definition) is 0. The fourth-order valence-electron chi connectivity index (χ4n) is 2.14. The molecule has 0 saturated carbocycles. The molecule has 8 heteroatoms. The van der Waals surface area contributed by atoms with E-state index in [1.165, 1.54) is 0 Å². The van der Waals surface area contributed by atoms with Crippen LogP contribution >= 0.6 is 34.5 Å². The number of benzene rings is 1. The topological polar surface area (TPSA) is 55.3 Å². The molecule has 110 valence electrons. The molecule has 1 saturated heterocycles. The molecule has 5 nitrogen and oxygen atoms in total. The van der Waals surface area contributed by atoms with E-state index in [0.717, 1.165) is 16.9 Å². The van der Waals surface area contributed by atoms with Crippen LogP contribution in [0.3, 0.4) is 0 Å². The SMILES string of the molecule is O=C(c1nnc(Cl)s1)N1CCOC(c2ccc(Cl)cc2)C1. The van der Waals surface area contributed by atoms with E-state index >= 15 is 0 Å². The van der Waals surface area contributed by atoms with E-state index in [2.05, 4.69) is 10.2 Å². The molecule has 1 amide bonds. The maximum Gasteiger partial charge on any atom is 0.285 e. The van der Waals surface area contributed by atoms with Crippen molar-refractivity contribution in [2.45, 2.75) is 6.10 Å². The first-order chi connectivity index (χ1) is 10.1. The molecule has 21 heavy (non-hydrogen) atoms. The minimum atomic E-state index is -0.165. The normalized spacial score (nSPS) is 18.8. The first-order valence-electron chi connectivity index (χ1n) is 6.29. The number of carbonyl (C=O) groups is 1. The van der Waals surface area contributed by atoms with Gasteiger partial charge in [-0.1, -0.05) is 35.1 Å². The average molecular weight is 344 g/mol. The highest BCUT2D eigenvalue weighted by molar-refractivity contribution is 7.17. The molecular formula is C13H11Cl2N3O2S. The van der Waals surface area contributed by atoms with Crippen molar-refractivity contribution in [1.82, 2.24) is 15.1 Å². The second kappa shape index (κ2) is 6.27. The minimum Gasteiger partial charge on any atom is -0.370 e. The van der Waals surface area contributed by atoms with Crippen molar-refractivity contribution in [3.63, 3.8) is 0 Å². The summed E-state index contributed by atoms with van der Waals surface area (Å²) in [6, 6.07) is 7.43. The third-order valence-electron chi connectivity index (χ3n) is 3.18. The van der Waals surface area contributed by atoms with Crippen LogP contribution in [0.2, 0.25) is 9.49 Å². The molecule has 1 aromatic carbocycles. The van der Waals surface area contributed by atoms with Crippen molar-refractivity contribution >= 4 is 40.4 Å². The zero-order chi connectivity index (χ0) is 14.8. The van der Waals surface area contributed by atoms with E-state index in [1.54, 1.807) is 4.90 Å². The highest BCUT2D eigenvalue weighted by Gasteiger charge is 2.28. The van der Waals surface area contributed by atoms with Gasteiger partial charge in [0, 0.05) is 11.6 Å². The first-order valence-corrected chi connectivity index (χ1v) is 7.86. The molecule has 1 aliphatic rings. The molecule has 1 fully saturated rings. The van der Waals surface area contributed by atoms with Crippen molar-refractivity contribution in [2.75, 3.05) is 19.7 Å². The van der Waals surface area contributed by atoms with Crippen molar-refractivity contribution in [2.24, 2.45) is 0 Å². The molecule has 3 rings (SSSR count). The van der Waals surface area contributed by atoms with Gasteiger partial charge >= 0.3 is 0 Å². The van der Waals surface area contributed by atoms with Crippen LogP contribution in [-0.4, -0.2) is 40.7 Å². The number of morpholine rings is 1. The highest BCUT2D eigenvalue weighted by atomic mass is 35.5. The molecule has 1 aromatic heterocycles. The molecule has 0 bridgehead atoms.